The summed E-state index contributed by atoms with van der Waals surface area (Å²) in [5, 5.41) is 3.66. The summed E-state index contributed by atoms with van der Waals surface area (Å²) in [5.41, 5.74) is 0.981. The molecule has 1 aliphatic carbocycles. The largest absolute Gasteiger partial charge is 0.310 e. The Morgan fingerprint density at radius 3 is 2.68 bits per heavy atom. The molecule has 0 radical (unpaired) electrons. The highest BCUT2D eigenvalue weighted by molar-refractivity contribution is 9.10. The van der Waals surface area contributed by atoms with Crippen molar-refractivity contribution in [3.8, 4) is 0 Å². The third-order valence-corrected chi connectivity index (χ3v) is 5.27. The first-order valence-electron chi connectivity index (χ1n) is 6.75. The summed E-state index contributed by atoms with van der Waals surface area (Å²) < 4.78 is 15.0. The Balaban J connectivity index is 2.31. The topological polar surface area (TPSA) is 12.0 Å². The Bertz CT molecular complexity index is 475. The summed E-state index contributed by atoms with van der Waals surface area (Å²) in [6, 6.07) is 3.73. The third kappa shape index (κ3) is 3.14. The highest BCUT2D eigenvalue weighted by atomic mass is 79.9. The zero-order chi connectivity index (χ0) is 14.2. The molecule has 2 rings (SSSR count). The number of halogens is 3. The minimum absolute atomic E-state index is 0.0561. The summed E-state index contributed by atoms with van der Waals surface area (Å²) >= 11 is 9.27. The van der Waals surface area contributed by atoms with Crippen LogP contribution in [-0.4, -0.2) is 6.54 Å². The molecular formula is C15H20BrClFN. The lowest BCUT2D eigenvalue weighted by Gasteiger charge is -2.22. The van der Waals surface area contributed by atoms with Crippen molar-refractivity contribution >= 4 is 27.5 Å². The number of rotatable bonds is 5. The van der Waals surface area contributed by atoms with Crippen LogP contribution < -0.4 is 5.32 Å². The molecule has 19 heavy (non-hydrogen) atoms. The molecule has 106 valence electrons. The first-order chi connectivity index (χ1) is 8.88. The van der Waals surface area contributed by atoms with E-state index in [0.29, 0.717) is 16.0 Å². The van der Waals surface area contributed by atoms with E-state index < -0.39 is 0 Å². The number of hydrogen-bond acceptors (Lipinski definition) is 1. The van der Waals surface area contributed by atoms with Crippen LogP contribution in [0.25, 0.3) is 0 Å². The highest BCUT2D eigenvalue weighted by Crippen LogP contribution is 2.58. The predicted octanol–water partition coefficient (Wildman–Crippen LogP) is 5.33. The smallest absolute Gasteiger partial charge is 0.147 e. The lowest BCUT2D eigenvalue weighted by molar-refractivity contribution is 0.403. The van der Waals surface area contributed by atoms with Gasteiger partial charge in [0.2, 0.25) is 0 Å². The van der Waals surface area contributed by atoms with Gasteiger partial charge < -0.3 is 5.32 Å². The van der Waals surface area contributed by atoms with Gasteiger partial charge in [-0.15, -0.1) is 0 Å². The van der Waals surface area contributed by atoms with Crippen molar-refractivity contribution in [3.05, 3.63) is 33.0 Å². The van der Waals surface area contributed by atoms with Gasteiger partial charge >= 0.3 is 0 Å². The van der Waals surface area contributed by atoms with Crippen LogP contribution in [0.1, 0.15) is 45.2 Å². The quantitative estimate of drug-likeness (QED) is 0.709. The van der Waals surface area contributed by atoms with Crippen LogP contribution in [0.15, 0.2) is 16.6 Å². The molecule has 0 aromatic heterocycles. The van der Waals surface area contributed by atoms with Crippen LogP contribution >= 0.6 is 27.5 Å². The van der Waals surface area contributed by atoms with E-state index in [4.69, 9.17) is 11.6 Å². The van der Waals surface area contributed by atoms with Crippen molar-refractivity contribution in [1.82, 2.24) is 5.32 Å². The monoisotopic (exact) mass is 347 g/mol. The summed E-state index contributed by atoms with van der Waals surface area (Å²) in [4.78, 5) is 0. The highest BCUT2D eigenvalue weighted by Gasteiger charge is 2.50. The molecular weight excluding hydrogens is 329 g/mol. The average Bonchev–Trinajstić information content (AvgIpc) is 2.98. The average molecular weight is 349 g/mol. The Kier molecular flexibility index (Phi) is 4.59. The molecule has 1 aliphatic rings. The molecule has 0 saturated heterocycles. The van der Waals surface area contributed by atoms with Crippen molar-refractivity contribution in [2.45, 2.75) is 39.7 Å². The van der Waals surface area contributed by atoms with Gasteiger partial charge in [0.1, 0.15) is 5.82 Å². The lowest BCUT2D eigenvalue weighted by Crippen LogP contribution is -2.26. The summed E-state index contributed by atoms with van der Waals surface area (Å²) in [6.45, 7) is 7.48. The maximum Gasteiger partial charge on any atom is 0.147 e. The molecule has 4 heteroatoms. The van der Waals surface area contributed by atoms with Crippen molar-refractivity contribution in [2.75, 3.05) is 6.54 Å². The molecule has 2 atom stereocenters. The van der Waals surface area contributed by atoms with Crippen LogP contribution in [0.3, 0.4) is 0 Å². The van der Waals surface area contributed by atoms with Gasteiger partial charge in [-0.05, 0) is 52.7 Å². The second-order valence-electron chi connectivity index (χ2n) is 6.00. The zero-order valence-electron chi connectivity index (χ0n) is 11.6. The third-order valence-electron chi connectivity index (χ3n) is 4.01. The molecule has 1 saturated carbocycles. The Morgan fingerprint density at radius 2 is 2.16 bits per heavy atom. The maximum absolute atomic E-state index is 14.4. The first kappa shape index (κ1) is 15.3. The van der Waals surface area contributed by atoms with E-state index >= 15 is 0 Å². The van der Waals surface area contributed by atoms with Gasteiger partial charge in [0.15, 0.2) is 0 Å². The van der Waals surface area contributed by atoms with E-state index in [2.05, 4.69) is 42.0 Å². The van der Waals surface area contributed by atoms with Gasteiger partial charge in [0.05, 0.1) is 5.02 Å². The summed E-state index contributed by atoms with van der Waals surface area (Å²) in [7, 11) is 0. The van der Waals surface area contributed by atoms with Crippen molar-refractivity contribution in [3.63, 3.8) is 0 Å². The van der Waals surface area contributed by atoms with E-state index in [1.807, 2.05) is 12.1 Å². The van der Waals surface area contributed by atoms with Crippen LogP contribution in [-0.2, 0) is 0 Å². The van der Waals surface area contributed by atoms with Crippen LogP contribution in [0.2, 0.25) is 5.02 Å². The van der Waals surface area contributed by atoms with Crippen molar-refractivity contribution in [2.24, 2.45) is 11.3 Å². The van der Waals surface area contributed by atoms with Crippen molar-refractivity contribution in [1.29, 1.82) is 0 Å². The van der Waals surface area contributed by atoms with Gasteiger partial charge in [-0.25, -0.2) is 4.39 Å². The molecule has 0 bridgehead atoms. The molecule has 0 spiro atoms. The fourth-order valence-corrected chi connectivity index (χ4v) is 3.11. The van der Waals surface area contributed by atoms with E-state index in [-0.39, 0.29) is 22.3 Å². The second-order valence-corrected chi connectivity index (χ2v) is 7.23. The second kappa shape index (κ2) is 5.71. The predicted molar refractivity (Wildman–Crippen MR) is 82.0 cm³/mol. The Morgan fingerprint density at radius 1 is 1.53 bits per heavy atom. The van der Waals surface area contributed by atoms with Crippen LogP contribution in [0.4, 0.5) is 4.39 Å². The SMILES string of the molecule is CCCNC(c1ccc(Br)c(Cl)c1F)C1CC1(C)C. The van der Waals surface area contributed by atoms with Crippen LogP contribution in [0, 0.1) is 17.2 Å². The van der Waals surface area contributed by atoms with E-state index in [0.717, 1.165) is 19.4 Å². The number of benzene rings is 1. The van der Waals surface area contributed by atoms with Gasteiger partial charge in [-0.2, -0.15) is 0 Å². The number of hydrogen-bond donors (Lipinski definition) is 1. The maximum atomic E-state index is 14.4. The first-order valence-corrected chi connectivity index (χ1v) is 7.92. The van der Waals surface area contributed by atoms with Gasteiger partial charge in [-0.1, -0.05) is 38.4 Å². The lowest BCUT2D eigenvalue weighted by atomic mass is 9.96. The Hall–Kier alpha value is -0.120. The van der Waals surface area contributed by atoms with Gasteiger partial charge in [0, 0.05) is 16.1 Å². The molecule has 1 fully saturated rings. The molecule has 2 unspecified atom stereocenters. The van der Waals surface area contributed by atoms with Crippen LogP contribution in [0.5, 0.6) is 0 Å². The zero-order valence-corrected chi connectivity index (χ0v) is 13.9. The fourth-order valence-electron chi connectivity index (χ4n) is 2.63. The normalized spacial score (nSPS) is 22.3. The molecule has 0 amide bonds. The van der Waals surface area contributed by atoms with E-state index in [1.54, 1.807) is 0 Å². The minimum Gasteiger partial charge on any atom is -0.310 e. The van der Waals surface area contributed by atoms with Gasteiger partial charge in [-0.3, -0.25) is 0 Å². The summed E-state index contributed by atoms with van der Waals surface area (Å²) in [5.74, 6) is 0.179. The Labute approximate surface area is 128 Å². The minimum atomic E-state index is -0.299. The standard InChI is InChI=1S/C15H20BrClFN/c1-4-7-19-14(10-8-15(10,2)3)9-5-6-11(16)12(17)13(9)18/h5-6,10,14,19H,4,7-8H2,1-3H3. The van der Waals surface area contributed by atoms with E-state index in [1.165, 1.54) is 0 Å². The van der Waals surface area contributed by atoms with Gasteiger partial charge in [0.25, 0.3) is 0 Å². The molecule has 1 nitrogen and oxygen atoms in total. The molecule has 1 N–H and O–H groups in total. The van der Waals surface area contributed by atoms with E-state index in [9.17, 15) is 4.39 Å². The fraction of sp³-hybridized carbons (Fsp3) is 0.600. The molecule has 0 aliphatic heterocycles. The number of nitrogens with one attached hydrogen (secondary N) is 1. The molecule has 1 aromatic rings. The van der Waals surface area contributed by atoms with Crippen molar-refractivity contribution < 1.29 is 4.39 Å². The summed E-state index contributed by atoms with van der Waals surface area (Å²) in [6.07, 6.45) is 2.16. The molecule has 0 heterocycles. The molecule has 1 aromatic carbocycles.